The van der Waals surface area contributed by atoms with E-state index >= 15 is 0 Å². The minimum absolute atomic E-state index is 0.103. The highest BCUT2D eigenvalue weighted by Crippen LogP contribution is 2.63. The summed E-state index contributed by atoms with van der Waals surface area (Å²) < 4.78 is 42.0. The minimum atomic E-state index is -4.22. The zero-order chi connectivity index (χ0) is 22.0. The molecule has 1 aromatic rings. The molecule has 1 aliphatic heterocycles. The molecule has 1 spiro atoms. The highest BCUT2D eigenvalue weighted by molar-refractivity contribution is 7.89. The molecule has 3 unspecified atom stereocenters. The van der Waals surface area contributed by atoms with Gasteiger partial charge in [0.25, 0.3) is 0 Å². The van der Waals surface area contributed by atoms with E-state index in [4.69, 9.17) is 5.73 Å². The fraction of sp³-hybridized carbons (Fsp3) is 0.636. The second-order valence-corrected chi connectivity index (χ2v) is 11.7. The van der Waals surface area contributed by atoms with Gasteiger partial charge in [0.1, 0.15) is 16.8 Å². The Kier molecular flexibility index (Phi) is 4.89. The Hall–Kier alpha value is -2.00. The molecule has 7 nitrogen and oxygen atoms in total. The van der Waals surface area contributed by atoms with Crippen LogP contribution in [-0.2, 0) is 14.8 Å². The number of primary amides is 1. The van der Waals surface area contributed by atoms with Crippen molar-refractivity contribution in [2.24, 2.45) is 23.0 Å². The zero-order valence-electron chi connectivity index (χ0n) is 17.3. The molecule has 1 heterocycles. The third-order valence-corrected chi connectivity index (χ3v) is 9.94. The van der Waals surface area contributed by atoms with Crippen molar-refractivity contribution in [3.05, 3.63) is 29.6 Å². The lowest BCUT2D eigenvalue weighted by molar-refractivity contribution is -0.134. The second-order valence-electron chi connectivity index (χ2n) is 9.84. The van der Waals surface area contributed by atoms with Crippen molar-refractivity contribution < 1.29 is 22.4 Å². The molecule has 0 aromatic heterocycles. The van der Waals surface area contributed by atoms with Crippen molar-refractivity contribution in [2.75, 3.05) is 6.54 Å². The Morgan fingerprint density at radius 3 is 2.58 bits per heavy atom. The summed E-state index contributed by atoms with van der Waals surface area (Å²) in [6.07, 6.45) is 8.07. The van der Waals surface area contributed by atoms with E-state index in [0.717, 1.165) is 22.9 Å². The molecule has 5 aliphatic rings. The monoisotopic (exact) mass is 449 g/mol. The third kappa shape index (κ3) is 3.36. The zero-order valence-corrected chi connectivity index (χ0v) is 18.2. The number of halogens is 1. The van der Waals surface area contributed by atoms with Crippen LogP contribution in [0.1, 0.15) is 61.7 Å². The predicted octanol–water partition coefficient (Wildman–Crippen LogP) is 2.16. The standard InChI is InChI=1S/C22H28FN3O4S/c23-16-9-13(20(24)27)5-6-18(16)31(29,30)26-8-2-4-17(26)21(28)25-19-14-3-1-7-22(10-14)11-15(19)12-22/h5-6,9,14-15,17,19H,1-4,7-8,10-12H2,(H2,24,27)(H,25,28). The van der Waals surface area contributed by atoms with Crippen molar-refractivity contribution in [3.8, 4) is 0 Å². The van der Waals surface area contributed by atoms with Crippen LogP contribution in [0.3, 0.4) is 0 Å². The van der Waals surface area contributed by atoms with Crippen molar-refractivity contribution >= 4 is 21.8 Å². The molecule has 2 amide bonds. The molecule has 3 N–H and O–H groups in total. The first-order valence-electron chi connectivity index (χ1n) is 11.1. The van der Waals surface area contributed by atoms with E-state index in [1.165, 1.54) is 38.2 Å². The molecule has 9 heteroatoms. The third-order valence-electron chi connectivity index (χ3n) is 8.00. The molecule has 3 bridgehead atoms. The van der Waals surface area contributed by atoms with Gasteiger partial charge in [0.2, 0.25) is 21.8 Å². The average Bonchev–Trinajstić information content (AvgIpc) is 3.20. The molecule has 5 fully saturated rings. The van der Waals surface area contributed by atoms with Crippen LogP contribution in [0.15, 0.2) is 23.1 Å². The maximum Gasteiger partial charge on any atom is 0.248 e. The van der Waals surface area contributed by atoms with Gasteiger partial charge in [-0.3, -0.25) is 9.59 Å². The van der Waals surface area contributed by atoms with Crippen molar-refractivity contribution in [2.45, 2.75) is 68.3 Å². The van der Waals surface area contributed by atoms with Gasteiger partial charge in [0.05, 0.1) is 0 Å². The number of carbonyl (C=O) groups excluding carboxylic acids is 2. The first kappa shape index (κ1) is 20.9. The molecule has 31 heavy (non-hydrogen) atoms. The number of sulfonamides is 1. The van der Waals surface area contributed by atoms with Crippen molar-refractivity contribution in [3.63, 3.8) is 0 Å². The fourth-order valence-electron chi connectivity index (χ4n) is 6.64. The predicted molar refractivity (Wildman–Crippen MR) is 111 cm³/mol. The van der Waals surface area contributed by atoms with Crippen LogP contribution in [0.25, 0.3) is 0 Å². The Bertz CT molecular complexity index is 1040. The van der Waals surface area contributed by atoms with Gasteiger partial charge in [-0.15, -0.1) is 0 Å². The molecule has 4 saturated carbocycles. The van der Waals surface area contributed by atoms with E-state index in [1.807, 2.05) is 0 Å². The van der Waals surface area contributed by atoms with Crippen LogP contribution < -0.4 is 11.1 Å². The first-order chi connectivity index (χ1) is 14.7. The number of nitrogens with zero attached hydrogens (tertiary/aromatic N) is 1. The highest BCUT2D eigenvalue weighted by Gasteiger charge is 2.57. The summed E-state index contributed by atoms with van der Waals surface area (Å²) in [7, 11) is -4.22. The molecule has 168 valence electrons. The summed E-state index contributed by atoms with van der Waals surface area (Å²) in [5.74, 6) is -1.17. The minimum Gasteiger partial charge on any atom is -0.366 e. The molecular weight excluding hydrogens is 421 g/mol. The van der Waals surface area contributed by atoms with E-state index in [0.29, 0.717) is 30.1 Å². The first-order valence-corrected chi connectivity index (χ1v) is 12.6. The molecule has 1 saturated heterocycles. The highest BCUT2D eigenvalue weighted by atomic mass is 32.2. The van der Waals surface area contributed by atoms with Crippen molar-refractivity contribution in [1.29, 1.82) is 0 Å². The van der Waals surface area contributed by atoms with E-state index in [1.54, 1.807) is 0 Å². The van der Waals surface area contributed by atoms with E-state index in [2.05, 4.69) is 5.32 Å². The number of amides is 2. The molecule has 4 aliphatic carbocycles. The number of carbonyl (C=O) groups is 2. The van der Waals surface area contributed by atoms with Crippen LogP contribution in [-0.4, -0.2) is 43.2 Å². The van der Waals surface area contributed by atoms with Crippen LogP contribution in [0.4, 0.5) is 4.39 Å². The number of rotatable bonds is 5. The smallest absolute Gasteiger partial charge is 0.248 e. The van der Waals surface area contributed by atoms with Gasteiger partial charge in [0, 0.05) is 18.2 Å². The van der Waals surface area contributed by atoms with Crippen LogP contribution in [0.5, 0.6) is 0 Å². The lowest BCUT2D eigenvalue weighted by Gasteiger charge is -2.62. The topological polar surface area (TPSA) is 110 Å². The number of hydrogen-bond acceptors (Lipinski definition) is 4. The van der Waals surface area contributed by atoms with Gasteiger partial charge in [-0.05, 0) is 80.4 Å². The average molecular weight is 450 g/mol. The molecule has 0 radical (unpaired) electrons. The Morgan fingerprint density at radius 1 is 1.13 bits per heavy atom. The molecule has 6 rings (SSSR count). The summed E-state index contributed by atoms with van der Waals surface area (Å²) in [5.41, 5.74) is 5.55. The van der Waals surface area contributed by atoms with E-state index in [9.17, 15) is 22.4 Å². The van der Waals surface area contributed by atoms with Crippen LogP contribution in [0.2, 0.25) is 0 Å². The Balaban J connectivity index is 1.34. The second kappa shape index (κ2) is 7.27. The number of nitrogens with one attached hydrogen (secondary N) is 1. The maximum atomic E-state index is 14.5. The Labute approximate surface area is 181 Å². The lowest BCUT2D eigenvalue weighted by Crippen LogP contribution is -2.62. The van der Waals surface area contributed by atoms with Gasteiger partial charge in [-0.1, -0.05) is 6.42 Å². The van der Waals surface area contributed by atoms with E-state index < -0.39 is 32.7 Å². The molecule has 3 atom stereocenters. The summed E-state index contributed by atoms with van der Waals surface area (Å²) in [5, 5.41) is 3.19. The number of hydrogen-bond donors (Lipinski definition) is 2. The largest absolute Gasteiger partial charge is 0.366 e. The summed E-state index contributed by atoms with van der Waals surface area (Å²) in [6.45, 7) is 0.165. The lowest BCUT2D eigenvalue weighted by atomic mass is 9.45. The Morgan fingerprint density at radius 2 is 1.87 bits per heavy atom. The van der Waals surface area contributed by atoms with Gasteiger partial charge in [0.15, 0.2) is 0 Å². The van der Waals surface area contributed by atoms with Crippen LogP contribution >= 0.6 is 0 Å². The quantitative estimate of drug-likeness (QED) is 0.718. The van der Waals surface area contributed by atoms with Gasteiger partial charge < -0.3 is 11.1 Å². The fourth-order valence-corrected chi connectivity index (χ4v) is 8.35. The normalized spacial score (nSPS) is 34.7. The van der Waals surface area contributed by atoms with Gasteiger partial charge in [-0.2, -0.15) is 4.31 Å². The number of benzene rings is 1. The summed E-state index contributed by atoms with van der Waals surface area (Å²) >= 11 is 0. The summed E-state index contributed by atoms with van der Waals surface area (Å²) in [6, 6.07) is 2.35. The number of nitrogens with two attached hydrogens (primary N) is 1. The van der Waals surface area contributed by atoms with Gasteiger partial charge >= 0.3 is 0 Å². The maximum absolute atomic E-state index is 14.5. The summed E-state index contributed by atoms with van der Waals surface area (Å²) in [4.78, 5) is 23.9. The van der Waals surface area contributed by atoms with Gasteiger partial charge in [-0.25, -0.2) is 12.8 Å². The molecule has 1 aromatic carbocycles. The van der Waals surface area contributed by atoms with Crippen molar-refractivity contribution in [1.82, 2.24) is 9.62 Å². The SMILES string of the molecule is NC(=O)c1ccc(S(=O)(=O)N2CCCC2C(=O)NC2C3CCCC4(C3)CC2C4)c(F)c1. The molecular formula is C22H28FN3O4S. The van der Waals surface area contributed by atoms with Crippen LogP contribution in [0, 0.1) is 23.1 Å². The van der Waals surface area contributed by atoms with E-state index in [-0.39, 0.29) is 24.1 Å².